The minimum atomic E-state index is -4.87. The molecule has 0 amide bonds. The van der Waals surface area contributed by atoms with Crippen molar-refractivity contribution in [3.05, 3.63) is 29.8 Å². The fourth-order valence-corrected chi connectivity index (χ4v) is 2.44. The topological polar surface area (TPSA) is 125 Å². The number of hydrogen-bond donors (Lipinski definition) is 3. The molecule has 8 heteroatoms. The van der Waals surface area contributed by atoms with E-state index in [0.29, 0.717) is 6.61 Å². The van der Waals surface area contributed by atoms with E-state index < -0.39 is 26.6 Å². The first-order chi connectivity index (χ1) is 10.8. The third kappa shape index (κ3) is 8.46. The highest BCUT2D eigenvalue weighted by molar-refractivity contribution is 7.44. The van der Waals surface area contributed by atoms with Gasteiger partial charge in [-0.15, -0.1) is 0 Å². The lowest BCUT2D eigenvalue weighted by Crippen LogP contribution is -2.50. The maximum Gasteiger partial charge on any atom is 0.265 e. The summed E-state index contributed by atoms with van der Waals surface area (Å²) in [5, 5.41) is 9.36. The number of unbranched alkanes of at least 4 members (excludes halogenated alkanes) is 2. The van der Waals surface area contributed by atoms with Gasteiger partial charge in [0, 0.05) is 0 Å². The summed E-state index contributed by atoms with van der Waals surface area (Å²) in [5.41, 5.74) is 5.41. The summed E-state index contributed by atoms with van der Waals surface area (Å²) in [7, 11) is -4.87. The maximum atomic E-state index is 10.6. The first kappa shape index (κ1) is 20.1. The fraction of sp³-hybridized carbons (Fsp3) is 0.600. The van der Waals surface area contributed by atoms with Crippen LogP contribution < -0.4 is 15.4 Å². The number of phosphoric acid groups is 1. The predicted molar refractivity (Wildman–Crippen MR) is 84.9 cm³/mol. The van der Waals surface area contributed by atoms with Crippen LogP contribution in [0, 0.1) is 0 Å². The van der Waals surface area contributed by atoms with Gasteiger partial charge in [-0.1, -0.05) is 31.9 Å². The van der Waals surface area contributed by atoms with Gasteiger partial charge >= 0.3 is 0 Å². The van der Waals surface area contributed by atoms with Crippen molar-refractivity contribution in [3.63, 3.8) is 0 Å². The molecule has 4 N–H and O–H groups in total. The van der Waals surface area contributed by atoms with Crippen LogP contribution in [0.1, 0.15) is 31.7 Å². The van der Waals surface area contributed by atoms with Gasteiger partial charge in [-0.3, -0.25) is 4.57 Å². The van der Waals surface area contributed by atoms with Crippen LogP contribution in [0.5, 0.6) is 5.75 Å². The highest BCUT2D eigenvalue weighted by Crippen LogP contribution is 2.31. The molecule has 2 atom stereocenters. The summed E-state index contributed by atoms with van der Waals surface area (Å²) in [6, 6.07) is 7.18. The molecule has 0 aliphatic carbocycles. The lowest BCUT2D eigenvalue weighted by atomic mass is 9.93. The number of aliphatic hydroxyl groups excluding tert-OH is 1. The molecule has 0 bridgehead atoms. The molecule has 1 aromatic carbocycles. The van der Waals surface area contributed by atoms with Gasteiger partial charge in [-0.05, 0) is 30.5 Å². The molecule has 0 radical (unpaired) electrons. The third-order valence-electron chi connectivity index (χ3n) is 3.33. The number of nitrogens with two attached hydrogens (primary N) is 1. The Bertz CT molecular complexity index is 503. The van der Waals surface area contributed by atoms with Crippen molar-refractivity contribution in [1.29, 1.82) is 0 Å². The van der Waals surface area contributed by atoms with E-state index in [9.17, 15) is 14.6 Å². The van der Waals surface area contributed by atoms with Gasteiger partial charge in [0.05, 0.1) is 25.4 Å². The summed E-state index contributed by atoms with van der Waals surface area (Å²) in [4.78, 5) is 19.3. The number of hydrogen-bond acceptors (Lipinski definition) is 6. The molecule has 23 heavy (non-hydrogen) atoms. The van der Waals surface area contributed by atoms with Gasteiger partial charge in [0.15, 0.2) is 0 Å². The van der Waals surface area contributed by atoms with E-state index in [2.05, 4.69) is 11.4 Å². The Morgan fingerprint density at radius 1 is 1.30 bits per heavy atom. The predicted octanol–water partition coefficient (Wildman–Crippen LogP) is 0.965. The first-order valence-electron chi connectivity index (χ1n) is 7.58. The van der Waals surface area contributed by atoms with Crippen molar-refractivity contribution in [2.24, 2.45) is 5.73 Å². The van der Waals surface area contributed by atoms with Crippen LogP contribution in [0.15, 0.2) is 24.3 Å². The van der Waals surface area contributed by atoms with Crippen LogP contribution in [-0.4, -0.2) is 35.4 Å². The number of ether oxygens (including phenoxy) is 1. The maximum absolute atomic E-state index is 10.6. The molecule has 7 nitrogen and oxygen atoms in total. The van der Waals surface area contributed by atoms with E-state index in [1.165, 1.54) is 0 Å². The Balaban J connectivity index is 2.55. The second kappa shape index (κ2) is 9.37. The second-order valence-corrected chi connectivity index (χ2v) is 6.83. The molecular formula is C15H25NO6P-. The molecule has 1 aromatic rings. The number of phosphoric ester groups is 1. The Labute approximate surface area is 136 Å². The minimum absolute atomic E-state index is 0.194. The van der Waals surface area contributed by atoms with Crippen LogP contribution in [0.3, 0.4) is 0 Å². The van der Waals surface area contributed by atoms with Crippen molar-refractivity contribution in [3.8, 4) is 5.75 Å². The Morgan fingerprint density at radius 3 is 2.48 bits per heavy atom. The highest BCUT2D eigenvalue weighted by atomic mass is 31.2. The van der Waals surface area contributed by atoms with Crippen LogP contribution >= 0.6 is 7.82 Å². The zero-order valence-corrected chi connectivity index (χ0v) is 14.2. The van der Waals surface area contributed by atoms with E-state index >= 15 is 0 Å². The summed E-state index contributed by atoms with van der Waals surface area (Å²) in [6.07, 6.45) is 3.45. The molecule has 0 saturated heterocycles. The number of benzene rings is 1. The van der Waals surface area contributed by atoms with Gasteiger partial charge in [0.25, 0.3) is 7.82 Å². The van der Waals surface area contributed by atoms with E-state index in [4.69, 9.17) is 15.4 Å². The van der Waals surface area contributed by atoms with E-state index in [0.717, 1.165) is 30.6 Å². The van der Waals surface area contributed by atoms with E-state index in [1.54, 1.807) is 24.3 Å². The summed E-state index contributed by atoms with van der Waals surface area (Å²) in [6.45, 7) is 1.80. The summed E-state index contributed by atoms with van der Waals surface area (Å²) >= 11 is 0. The molecule has 0 saturated carbocycles. The molecule has 0 heterocycles. The minimum Gasteiger partial charge on any atom is -0.756 e. The van der Waals surface area contributed by atoms with Gasteiger partial charge in [-0.2, -0.15) is 0 Å². The van der Waals surface area contributed by atoms with Crippen LogP contribution in [-0.2, 0) is 15.5 Å². The van der Waals surface area contributed by atoms with Gasteiger partial charge in [0.1, 0.15) is 5.75 Å². The fourth-order valence-electron chi connectivity index (χ4n) is 2.01. The molecule has 132 valence electrons. The molecule has 1 rings (SSSR count). The zero-order chi connectivity index (χ0) is 17.3. The summed E-state index contributed by atoms with van der Waals surface area (Å²) < 4.78 is 20.5. The monoisotopic (exact) mass is 346 g/mol. The van der Waals surface area contributed by atoms with Crippen molar-refractivity contribution in [2.45, 2.75) is 38.1 Å². The average molecular weight is 346 g/mol. The van der Waals surface area contributed by atoms with Gasteiger partial charge in [0.2, 0.25) is 0 Å². The average Bonchev–Trinajstić information content (AvgIpc) is 2.51. The smallest absolute Gasteiger partial charge is 0.265 e. The molecule has 0 fully saturated rings. The van der Waals surface area contributed by atoms with Gasteiger partial charge in [-0.25, -0.2) is 0 Å². The Morgan fingerprint density at radius 2 is 1.96 bits per heavy atom. The van der Waals surface area contributed by atoms with Crippen LogP contribution in [0.2, 0.25) is 0 Å². The molecule has 1 unspecified atom stereocenters. The summed E-state index contributed by atoms with van der Waals surface area (Å²) in [5.74, 6) is 0.743. The lowest BCUT2D eigenvalue weighted by molar-refractivity contribution is -0.221. The lowest BCUT2D eigenvalue weighted by Gasteiger charge is -2.29. The van der Waals surface area contributed by atoms with Crippen molar-refractivity contribution in [1.82, 2.24) is 0 Å². The van der Waals surface area contributed by atoms with Crippen molar-refractivity contribution < 1.29 is 28.7 Å². The number of aliphatic hydroxyl groups is 1. The molecule has 0 aliphatic rings. The van der Waals surface area contributed by atoms with Crippen LogP contribution in [0.25, 0.3) is 0 Å². The van der Waals surface area contributed by atoms with Gasteiger partial charge < -0.3 is 29.9 Å². The molecule has 0 aliphatic heterocycles. The number of rotatable bonds is 11. The molecular weight excluding hydrogens is 321 g/mol. The Hall–Kier alpha value is -0.950. The van der Waals surface area contributed by atoms with Crippen LogP contribution in [0.4, 0.5) is 0 Å². The first-order valence-corrected chi connectivity index (χ1v) is 9.07. The highest BCUT2D eigenvalue weighted by Gasteiger charge is 2.26. The van der Waals surface area contributed by atoms with Crippen molar-refractivity contribution in [2.75, 3.05) is 19.8 Å². The van der Waals surface area contributed by atoms with E-state index in [1.807, 2.05) is 0 Å². The van der Waals surface area contributed by atoms with E-state index in [-0.39, 0.29) is 6.42 Å². The second-order valence-electron chi connectivity index (χ2n) is 5.64. The Kier molecular flexibility index (Phi) is 8.19. The molecule has 0 spiro atoms. The zero-order valence-electron chi connectivity index (χ0n) is 13.3. The largest absolute Gasteiger partial charge is 0.756 e. The molecule has 0 aromatic heterocycles. The SMILES string of the molecule is CCCCCOc1ccc(C[C@@](N)(CO)COP(=O)([O-])O)cc1. The standard InChI is InChI=1S/C15H26NO6P/c1-2-3-4-9-21-14-7-5-13(6-8-14)10-15(16,11-17)12-22-23(18,19)20/h5-8,17H,2-4,9-12,16H2,1H3,(H2,18,19,20)/p-1/t15-/m1/s1. The van der Waals surface area contributed by atoms with Crippen molar-refractivity contribution >= 4 is 7.82 Å². The quantitative estimate of drug-likeness (QED) is 0.402. The normalized spacial score (nSPS) is 16.6. The third-order valence-corrected chi connectivity index (χ3v) is 3.78.